The number of aliphatic carboxylic acids is 1. The van der Waals surface area contributed by atoms with Crippen molar-refractivity contribution in [3.8, 4) is 11.5 Å². The van der Waals surface area contributed by atoms with Gasteiger partial charge in [0.05, 0.1) is 11.5 Å². The molecule has 6 nitrogen and oxygen atoms in total. The van der Waals surface area contributed by atoms with Gasteiger partial charge in [-0.2, -0.15) is 0 Å². The molecule has 0 bridgehead atoms. The molecule has 3 aromatic rings. The van der Waals surface area contributed by atoms with E-state index in [2.05, 4.69) is 6.92 Å². The summed E-state index contributed by atoms with van der Waals surface area (Å²) < 4.78 is 12.0. The molecule has 37 heavy (non-hydrogen) atoms. The summed E-state index contributed by atoms with van der Waals surface area (Å²) >= 11 is 1.40. The molecule has 0 saturated heterocycles. The minimum absolute atomic E-state index is 0.197. The number of para-hydroxylation sites is 1. The first-order valence-corrected chi connectivity index (χ1v) is 13.1. The first-order chi connectivity index (χ1) is 17.9. The van der Waals surface area contributed by atoms with Crippen LogP contribution in [-0.4, -0.2) is 33.7 Å². The molecule has 0 aliphatic rings. The van der Waals surface area contributed by atoms with Crippen LogP contribution in [0, 0.1) is 5.92 Å². The quantitative estimate of drug-likeness (QED) is 0.135. The van der Waals surface area contributed by atoms with Gasteiger partial charge in [0.1, 0.15) is 11.5 Å². The van der Waals surface area contributed by atoms with Gasteiger partial charge in [-0.25, -0.2) is 4.79 Å². The maximum absolute atomic E-state index is 11.6. The maximum atomic E-state index is 11.6. The van der Waals surface area contributed by atoms with E-state index in [4.69, 9.17) is 14.6 Å². The van der Waals surface area contributed by atoms with Crippen LogP contribution in [0.5, 0.6) is 11.5 Å². The summed E-state index contributed by atoms with van der Waals surface area (Å²) in [5.41, 5.74) is 1.26. The van der Waals surface area contributed by atoms with Crippen LogP contribution in [-0.2, 0) is 11.2 Å². The summed E-state index contributed by atoms with van der Waals surface area (Å²) in [4.78, 5) is 23.5. The Labute approximate surface area is 221 Å². The molecule has 3 rings (SSSR count). The highest BCUT2D eigenvalue weighted by atomic mass is 32.2. The van der Waals surface area contributed by atoms with Gasteiger partial charge < -0.3 is 19.7 Å². The molecule has 194 valence electrons. The molecule has 0 spiro atoms. The molecule has 3 aromatic carbocycles. The minimum atomic E-state index is -0.993. The molecule has 0 saturated carbocycles. The standard InChI is InChI=1S/C30H32O6S/c1-3-8-28(35-24-10-5-4-6-11-24)36-25-17-13-22(14-18-25)9-7-12-27(21(2)29(31)32)37-26-19-15-23(16-20-26)30(33)34/h4-7,10-21,27-28H,3,8-9H2,1-2H3,(H,31,32)(H,33,34)/b12-7-. The van der Waals surface area contributed by atoms with E-state index in [0.717, 1.165) is 34.8 Å². The summed E-state index contributed by atoms with van der Waals surface area (Å²) in [5.74, 6) is -1.00. The number of benzene rings is 3. The fraction of sp³-hybridized carbons (Fsp3) is 0.267. The highest BCUT2D eigenvalue weighted by Crippen LogP contribution is 2.30. The SMILES string of the molecule is CCCC(Oc1ccccc1)Oc1ccc(C/C=C\C(Sc2ccc(C(=O)O)cc2)C(C)C(=O)O)cc1. The first-order valence-electron chi connectivity index (χ1n) is 12.2. The zero-order valence-electron chi connectivity index (χ0n) is 20.9. The number of hydrogen-bond acceptors (Lipinski definition) is 5. The molecular weight excluding hydrogens is 488 g/mol. The fourth-order valence-corrected chi connectivity index (χ4v) is 4.62. The molecule has 7 heteroatoms. The Morgan fingerprint density at radius 3 is 2.08 bits per heavy atom. The lowest BCUT2D eigenvalue weighted by molar-refractivity contribution is -0.140. The van der Waals surface area contributed by atoms with Gasteiger partial charge in [0, 0.05) is 16.6 Å². The lowest BCUT2D eigenvalue weighted by Crippen LogP contribution is -2.23. The summed E-state index contributed by atoms with van der Waals surface area (Å²) in [5, 5.41) is 18.3. The van der Waals surface area contributed by atoms with Crippen molar-refractivity contribution in [2.24, 2.45) is 5.92 Å². The van der Waals surface area contributed by atoms with Crippen molar-refractivity contribution in [3.63, 3.8) is 0 Å². The number of rotatable bonds is 14. The van der Waals surface area contributed by atoms with Crippen LogP contribution in [0.2, 0.25) is 0 Å². The second-order valence-corrected chi connectivity index (χ2v) is 9.83. The Kier molecular flexibility index (Phi) is 10.6. The molecular formula is C30H32O6S. The average molecular weight is 521 g/mol. The molecule has 3 atom stereocenters. The second kappa shape index (κ2) is 14.1. The predicted octanol–water partition coefficient (Wildman–Crippen LogP) is 6.95. The van der Waals surface area contributed by atoms with E-state index >= 15 is 0 Å². The number of ether oxygens (including phenoxy) is 2. The van der Waals surface area contributed by atoms with Crippen LogP contribution in [0.1, 0.15) is 42.6 Å². The zero-order chi connectivity index (χ0) is 26.6. The molecule has 0 heterocycles. The van der Waals surface area contributed by atoms with Crippen LogP contribution in [0.4, 0.5) is 0 Å². The topological polar surface area (TPSA) is 93.1 Å². The third-order valence-electron chi connectivity index (χ3n) is 5.66. The van der Waals surface area contributed by atoms with Gasteiger partial charge in [0.25, 0.3) is 0 Å². The van der Waals surface area contributed by atoms with Crippen molar-refractivity contribution in [2.75, 3.05) is 0 Å². The van der Waals surface area contributed by atoms with Gasteiger partial charge in [0.15, 0.2) is 0 Å². The van der Waals surface area contributed by atoms with Gasteiger partial charge in [-0.15, -0.1) is 11.8 Å². The van der Waals surface area contributed by atoms with E-state index in [1.165, 1.54) is 23.9 Å². The molecule has 3 unspecified atom stereocenters. The largest absolute Gasteiger partial charge is 0.481 e. The van der Waals surface area contributed by atoms with Crippen LogP contribution in [0.25, 0.3) is 0 Å². The van der Waals surface area contributed by atoms with Gasteiger partial charge in [-0.05, 0) is 66.9 Å². The van der Waals surface area contributed by atoms with Gasteiger partial charge in [0.2, 0.25) is 6.29 Å². The number of allylic oxidation sites excluding steroid dienone is 1. The average Bonchev–Trinajstić information content (AvgIpc) is 2.89. The molecule has 0 radical (unpaired) electrons. The molecule has 0 amide bonds. The molecule has 2 N–H and O–H groups in total. The molecule has 0 aliphatic carbocycles. The number of aromatic carboxylic acids is 1. The Morgan fingerprint density at radius 1 is 0.892 bits per heavy atom. The minimum Gasteiger partial charge on any atom is -0.481 e. The smallest absolute Gasteiger partial charge is 0.335 e. The van der Waals surface area contributed by atoms with Crippen LogP contribution in [0.15, 0.2) is 95.9 Å². The van der Waals surface area contributed by atoms with Crippen molar-refractivity contribution in [3.05, 3.63) is 102 Å². The second-order valence-electron chi connectivity index (χ2n) is 8.58. The number of carboxylic acids is 2. The zero-order valence-corrected chi connectivity index (χ0v) is 21.8. The Hall–Kier alpha value is -3.71. The Bertz CT molecular complexity index is 1160. The monoisotopic (exact) mass is 520 g/mol. The van der Waals surface area contributed by atoms with Crippen molar-refractivity contribution < 1.29 is 29.3 Å². The van der Waals surface area contributed by atoms with Crippen LogP contribution >= 0.6 is 11.8 Å². The normalized spacial score (nSPS) is 13.6. The predicted molar refractivity (Wildman–Crippen MR) is 146 cm³/mol. The lowest BCUT2D eigenvalue weighted by atomic mass is 10.1. The molecule has 0 aromatic heterocycles. The number of thioether (sulfide) groups is 1. The van der Waals surface area contributed by atoms with Gasteiger partial charge in [-0.3, -0.25) is 4.79 Å². The Balaban J connectivity index is 1.61. The van der Waals surface area contributed by atoms with Crippen molar-refractivity contribution >= 4 is 23.7 Å². The number of carbonyl (C=O) groups is 2. The van der Waals surface area contributed by atoms with E-state index in [1.54, 1.807) is 19.1 Å². The van der Waals surface area contributed by atoms with Crippen molar-refractivity contribution in [1.82, 2.24) is 0 Å². The third kappa shape index (κ3) is 9.03. The summed E-state index contributed by atoms with van der Waals surface area (Å²) in [7, 11) is 0. The summed E-state index contributed by atoms with van der Waals surface area (Å²) in [6.45, 7) is 3.76. The van der Waals surface area contributed by atoms with Crippen molar-refractivity contribution in [1.29, 1.82) is 0 Å². The van der Waals surface area contributed by atoms with Crippen molar-refractivity contribution in [2.45, 2.75) is 49.5 Å². The van der Waals surface area contributed by atoms with E-state index < -0.39 is 17.9 Å². The van der Waals surface area contributed by atoms with Crippen LogP contribution in [0.3, 0.4) is 0 Å². The molecule has 0 aliphatic heterocycles. The van der Waals surface area contributed by atoms with E-state index in [-0.39, 0.29) is 17.1 Å². The fourth-order valence-electron chi connectivity index (χ4n) is 3.50. The van der Waals surface area contributed by atoms with E-state index in [1.807, 2.05) is 66.7 Å². The highest BCUT2D eigenvalue weighted by molar-refractivity contribution is 8.00. The van der Waals surface area contributed by atoms with E-state index in [0.29, 0.717) is 6.42 Å². The van der Waals surface area contributed by atoms with Gasteiger partial charge >= 0.3 is 11.9 Å². The van der Waals surface area contributed by atoms with Crippen LogP contribution < -0.4 is 9.47 Å². The summed E-state index contributed by atoms with van der Waals surface area (Å²) in [6.07, 6.45) is 5.83. The highest BCUT2D eigenvalue weighted by Gasteiger charge is 2.22. The Morgan fingerprint density at radius 2 is 1.51 bits per heavy atom. The maximum Gasteiger partial charge on any atom is 0.335 e. The summed E-state index contributed by atoms with van der Waals surface area (Å²) in [6, 6.07) is 23.9. The number of carboxylic acid groups (broad SMARTS) is 2. The number of hydrogen-bond donors (Lipinski definition) is 2. The first kappa shape index (κ1) is 27.9. The van der Waals surface area contributed by atoms with Gasteiger partial charge in [-0.1, -0.05) is 56.3 Å². The molecule has 0 fully saturated rings. The van der Waals surface area contributed by atoms with E-state index in [9.17, 15) is 14.7 Å². The third-order valence-corrected chi connectivity index (χ3v) is 7.04. The lowest BCUT2D eigenvalue weighted by Gasteiger charge is -2.20.